The van der Waals surface area contributed by atoms with Crippen molar-refractivity contribution in [3.63, 3.8) is 0 Å². The minimum absolute atomic E-state index is 0.149. The van der Waals surface area contributed by atoms with Gasteiger partial charge < -0.3 is 20.1 Å². The van der Waals surface area contributed by atoms with Crippen LogP contribution in [0.2, 0.25) is 0 Å². The zero-order valence-corrected chi connectivity index (χ0v) is 14.4. The van der Waals surface area contributed by atoms with Gasteiger partial charge in [-0.2, -0.15) is 0 Å². The zero-order valence-electron chi connectivity index (χ0n) is 14.4. The van der Waals surface area contributed by atoms with Crippen LogP contribution in [0.3, 0.4) is 0 Å². The Labute approximate surface area is 130 Å². The Morgan fingerprint density at radius 3 is 2.38 bits per heavy atom. The Morgan fingerprint density at radius 1 is 1.19 bits per heavy atom. The highest BCUT2D eigenvalue weighted by Crippen LogP contribution is 2.32. The molecule has 0 aliphatic carbocycles. The number of hydrogen-bond acceptors (Lipinski definition) is 4. The lowest BCUT2D eigenvalue weighted by atomic mass is 9.80. The minimum Gasteiger partial charge on any atom is -0.390 e. The van der Waals surface area contributed by atoms with Crippen molar-refractivity contribution in [3.05, 3.63) is 0 Å². The molecular formula is C17H34N2O2. The molecule has 2 N–H and O–H groups in total. The van der Waals surface area contributed by atoms with Crippen molar-refractivity contribution in [2.75, 3.05) is 39.4 Å². The standard InChI is InChI=1S/C17H34N2O2/c1-15(2,3)18-12-17(6-5-11-21-14-17)13-19-9-7-16(4,20)8-10-19/h18,20H,5-14H2,1-4H3. The van der Waals surface area contributed by atoms with E-state index >= 15 is 0 Å². The Bertz CT molecular complexity index is 320. The number of nitrogens with zero attached hydrogens (tertiary/aromatic N) is 1. The predicted molar refractivity (Wildman–Crippen MR) is 86.5 cm³/mol. The third-order valence-corrected chi connectivity index (χ3v) is 4.89. The molecule has 1 unspecified atom stereocenters. The van der Waals surface area contributed by atoms with E-state index in [1.165, 1.54) is 6.42 Å². The van der Waals surface area contributed by atoms with Crippen LogP contribution < -0.4 is 5.32 Å². The molecule has 2 aliphatic rings. The van der Waals surface area contributed by atoms with Gasteiger partial charge in [0, 0.05) is 43.7 Å². The van der Waals surface area contributed by atoms with Crippen LogP contribution in [0.1, 0.15) is 53.4 Å². The maximum absolute atomic E-state index is 10.1. The van der Waals surface area contributed by atoms with Crippen LogP contribution in [0.5, 0.6) is 0 Å². The first-order chi connectivity index (χ1) is 9.70. The van der Waals surface area contributed by atoms with Crippen molar-refractivity contribution in [1.29, 1.82) is 0 Å². The molecule has 4 nitrogen and oxygen atoms in total. The van der Waals surface area contributed by atoms with Crippen molar-refractivity contribution in [2.24, 2.45) is 5.41 Å². The van der Waals surface area contributed by atoms with Crippen molar-refractivity contribution >= 4 is 0 Å². The average Bonchev–Trinajstić information content (AvgIpc) is 2.40. The monoisotopic (exact) mass is 298 g/mol. The number of nitrogens with one attached hydrogen (secondary N) is 1. The van der Waals surface area contributed by atoms with Gasteiger partial charge in [-0.3, -0.25) is 0 Å². The molecule has 0 amide bonds. The highest BCUT2D eigenvalue weighted by atomic mass is 16.5. The lowest BCUT2D eigenvalue weighted by Gasteiger charge is -2.45. The van der Waals surface area contributed by atoms with Crippen molar-refractivity contribution in [2.45, 2.75) is 64.5 Å². The summed E-state index contributed by atoms with van der Waals surface area (Å²) in [5.41, 5.74) is -0.0822. The van der Waals surface area contributed by atoms with Crippen molar-refractivity contribution in [1.82, 2.24) is 10.2 Å². The average molecular weight is 298 g/mol. The van der Waals surface area contributed by atoms with Gasteiger partial charge in [0.2, 0.25) is 0 Å². The molecule has 124 valence electrons. The number of hydrogen-bond donors (Lipinski definition) is 2. The summed E-state index contributed by atoms with van der Waals surface area (Å²) < 4.78 is 5.82. The van der Waals surface area contributed by atoms with E-state index in [-0.39, 0.29) is 11.0 Å². The molecule has 1 atom stereocenters. The fraction of sp³-hybridized carbons (Fsp3) is 1.00. The number of piperidine rings is 1. The molecule has 2 saturated heterocycles. The number of likely N-dealkylation sites (tertiary alicyclic amines) is 1. The largest absolute Gasteiger partial charge is 0.390 e. The summed E-state index contributed by atoms with van der Waals surface area (Å²) in [6.45, 7) is 14.5. The Hall–Kier alpha value is -0.160. The van der Waals surface area contributed by atoms with Crippen molar-refractivity contribution in [3.8, 4) is 0 Å². The van der Waals surface area contributed by atoms with Gasteiger partial charge in [-0.25, -0.2) is 0 Å². The molecule has 0 radical (unpaired) electrons. The zero-order chi connectivity index (χ0) is 15.6. The van der Waals surface area contributed by atoms with Gasteiger partial charge in [0.25, 0.3) is 0 Å². The maximum Gasteiger partial charge on any atom is 0.0644 e. The summed E-state index contributed by atoms with van der Waals surface area (Å²) in [6.07, 6.45) is 4.17. The second-order valence-electron chi connectivity index (χ2n) is 8.53. The van der Waals surface area contributed by atoms with E-state index in [2.05, 4.69) is 31.0 Å². The molecule has 0 aromatic heterocycles. The van der Waals surface area contributed by atoms with E-state index in [0.29, 0.717) is 0 Å². The molecule has 2 fully saturated rings. The first kappa shape index (κ1) is 17.2. The molecule has 21 heavy (non-hydrogen) atoms. The van der Waals surface area contributed by atoms with E-state index in [9.17, 15) is 5.11 Å². The van der Waals surface area contributed by atoms with Crippen LogP contribution in [-0.4, -0.2) is 60.5 Å². The van der Waals surface area contributed by atoms with Gasteiger partial charge in [0.1, 0.15) is 0 Å². The summed E-state index contributed by atoms with van der Waals surface area (Å²) in [7, 11) is 0. The summed E-state index contributed by atoms with van der Waals surface area (Å²) >= 11 is 0. The summed E-state index contributed by atoms with van der Waals surface area (Å²) in [5.74, 6) is 0. The molecule has 2 aliphatic heterocycles. The number of aliphatic hydroxyl groups is 1. The van der Waals surface area contributed by atoms with Crippen molar-refractivity contribution < 1.29 is 9.84 Å². The van der Waals surface area contributed by atoms with Crippen LogP contribution in [0.4, 0.5) is 0 Å². The Morgan fingerprint density at radius 2 is 1.86 bits per heavy atom. The third kappa shape index (κ3) is 5.51. The summed E-state index contributed by atoms with van der Waals surface area (Å²) in [6, 6.07) is 0. The SMILES string of the molecule is CC1(O)CCN(CC2(CNC(C)(C)C)CCCOC2)CC1. The van der Waals surface area contributed by atoms with Gasteiger partial charge in [-0.05, 0) is 53.4 Å². The summed E-state index contributed by atoms with van der Waals surface area (Å²) in [5, 5.41) is 13.8. The minimum atomic E-state index is -0.462. The molecule has 0 spiro atoms. The topological polar surface area (TPSA) is 44.7 Å². The molecule has 0 aromatic rings. The Kier molecular flexibility index (Phi) is 5.35. The van der Waals surface area contributed by atoms with Gasteiger partial charge in [-0.15, -0.1) is 0 Å². The van der Waals surface area contributed by atoms with Crippen LogP contribution in [0.15, 0.2) is 0 Å². The van der Waals surface area contributed by atoms with Gasteiger partial charge >= 0.3 is 0 Å². The molecule has 0 saturated carbocycles. The maximum atomic E-state index is 10.1. The van der Waals surface area contributed by atoms with Crippen LogP contribution in [0, 0.1) is 5.41 Å². The molecular weight excluding hydrogens is 264 g/mol. The molecule has 0 aromatic carbocycles. The van der Waals surface area contributed by atoms with Crippen LogP contribution in [0.25, 0.3) is 0 Å². The van der Waals surface area contributed by atoms with Crippen LogP contribution >= 0.6 is 0 Å². The second kappa shape index (κ2) is 6.53. The third-order valence-electron chi connectivity index (χ3n) is 4.89. The first-order valence-corrected chi connectivity index (χ1v) is 8.47. The lowest BCUT2D eigenvalue weighted by molar-refractivity contribution is -0.0525. The molecule has 0 bridgehead atoms. The smallest absolute Gasteiger partial charge is 0.0644 e. The number of ether oxygens (including phenoxy) is 1. The van der Waals surface area contributed by atoms with E-state index in [4.69, 9.17) is 4.74 Å². The van der Waals surface area contributed by atoms with E-state index < -0.39 is 5.60 Å². The first-order valence-electron chi connectivity index (χ1n) is 8.47. The molecule has 4 heteroatoms. The molecule has 2 rings (SSSR count). The molecule has 2 heterocycles. The summed E-state index contributed by atoms with van der Waals surface area (Å²) in [4.78, 5) is 2.52. The highest BCUT2D eigenvalue weighted by Gasteiger charge is 2.37. The van der Waals surface area contributed by atoms with Crippen LogP contribution in [-0.2, 0) is 4.74 Å². The predicted octanol–water partition coefficient (Wildman–Crippen LogP) is 2.02. The van der Waals surface area contributed by atoms with Gasteiger partial charge in [0.05, 0.1) is 12.2 Å². The normalized spacial score (nSPS) is 31.3. The van der Waals surface area contributed by atoms with Gasteiger partial charge in [0.15, 0.2) is 0 Å². The van der Waals surface area contributed by atoms with E-state index in [1.807, 2.05) is 6.92 Å². The fourth-order valence-corrected chi connectivity index (χ4v) is 3.35. The quantitative estimate of drug-likeness (QED) is 0.833. The van der Waals surface area contributed by atoms with E-state index in [1.54, 1.807) is 0 Å². The Balaban J connectivity index is 1.93. The second-order valence-corrected chi connectivity index (χ2v) is 8.53. The highest BCUT2D eigenvalue weighted by molar-refractivity contribution is 4.91. The number of rotatable bonds is 4. The van der Waals surface area contributed by atoms with E-state index in [0.717, 1.165) is 58.7 Å². The van der Waals surface area contributed by atoms with Gasteiger partial charge in [-0.1, -0.05) is 0 Å². The lowest BCUT2D eigenvalue weighted by Crippen LogP contribution is -2.54. The fourth-order valence-electron chi connectivity index (χ4n) is 3.35.